The normalized spacial score (nSPS) is 34.9. The zero-order valence-electron chi connectivity index (χ0n) is 18.2. The Labute approximate surface area is 180 Å². The van der Waals surface area contributed by atoms with E-state index in [1.54, 1.807) is 6.33 Å². The molecule has 162 valence electrons. The maximum Gasteiger partial charge on any atom is 0.223 e. The Hall–Kier alpha value is -1.65. The van der Waals surface area contributed by atoms with Crippen LogP contribution in [0.15, 0.2) is 6.33 Å². The van der Waals surface area contributed by atoms with E-state index in [1.165, 1.54) is 69.8 Å². The molecule has 4 bridgehead atoms. The molecule has 1 aromatic heterocycles. The molecule has 1 aromatic rings. The largest absolute Gasteiger partial charge is 0.369 e. The van der Waals surface area contributed by atoms with E-state index in [9.17, 15) is 4.79 Å². The molecule has 5 aliphatic carbocycles. The number of rotatable bonds is 5. The van der Waals surface area contributed by atoms with Crippen molar-refractivity contribution in [3.63, 3.8) is 0 Å². The van der Waals surface area contributed by atoms with Crippen molar-refractivity contribution in [1.29, 1.82) is 0 Å². The van der Waals surface area contributed by atoms with E-state index in [1.807, 2.05) is 4.90 Å². The second kappa shape index (κ2) is 7.49. The zero-order chi connectivity index (χ0) is 20.1. The van der Waals surface area contributed by atoms with E-state index >= 15 is 0 Å². The first kappa shape index (κ1) is 19.1. The van der Waals surface area contributed by atoms with Crippen molar-refractivity contribution in [2.45, 2.75) is 83.6 Å². The number of hydrogen-bond acceptors (Lipinski definition) is 4. The molecule has 5 saturated carbocycles. The van der Waals surface area contributed by atoms with E-state index in [0.717, 1.165) is 55.2 Å². The van der Waals surface area contributed by atoms with Gasteiger partial charge in [0.1, 0.15) is 12.1 Å². The van der Waals surface area contributed by atoms with Gasteiger partial charge < -0.3 is 10.2 Å². The predicted octanol–water partition coefficient (Wildman–Crippen LogP) is 4.57. The van der Waals surface area contributed by atoms with Gasteiger partial charge in [-0.25, -0.2) is 9.97 Å². The molecule has 1 aliphatic heterocycles. The van der Waals surface area contributed by atoms with Gasteiger partial charge in [-0.3, -0.25) is 4.79 Å². The third-order valence-electron chi connectivity index (χ3n) is 9.09. The van der Waals surface area contributed by atoms with Crippen LogP contribution in [0.2, 0.25) is 0 Å². The lowest BCUT2D eigenvalue weighted by molar-refractivity contribution is -0.133. The molecular weight excluding hydrogens is 372 g/mol. The topological polar surface area (TPSA) is 58.1 Å². The number of nitrogens with one attached hydrogen (secondary N) is 1. The van der Waals surface area contributed by atoms with E-state index in [2.05, 4.69) is 15.3 Å². The summed E-state index contributed by atoms with van der Waals surface area (Å²) in [6.07, 6.45) is 17.1. The number of hydrogen-bond donors (Lipinski definition) is 1. The lowest BCUT2D eigenvalue weighted by Gasteiger charge is -2.57. The van der Waals surface area contributed by atoms with Crippen LogP contribution in [0.1, 0.15) is 81.9 Å². The van der Waals surface area contributed by atoms with Crippen molar-refractivity contribution in [3.05, 3.63) is 17.6 Å². The highest BCUT2D eigenvalue weighted by Gasteiger charge is 2.50. The van der Waals surface area contributed by atoms with Gasteiger partial charge in [0.25, 0.3) is 0 Å². The number of amides is 1. The first-order valence-corrected chi connectivity index (χ1v) is 12.5. The second-order valence-electron chi connectivity index (χ2n) is 11.3. The minimum absolute atomic E-state index is 0.328. The summed E-state index contributed by atoms with van der Waals surface area (Å²) < 4.78 is 0. The lowest BCUT2D eigenvalue weighted by atomic mass is 9.49. The number of fused-ring (bicyclic) bond motifs is 1. The molecule has 5 nitrogen and oxygen atoms in total. The Bertz CT molecular complexity index is 780. The smallest absolute Gasteiger partial charge is 0.223 e. The van der Waals surface area contributed by atoms with Crippen LogP contribution >= 0.6 is 0 Å². The maximum atomic E-state index is 12.8. The summed E-state index contributed by atoms with van der Waals surface area (Å²) in [7, 11) is 0. The summed E-state index contributed by atoms with van der Waals surface area (Å²) in [4.78, 5) is 24.0. The molecule has 2 heterocycles. The molecule has 0 spiro atoms. The predicted molar refractivity (Wildman–Crippen MR) is 117 cm³/mol. The summed E-state index contributed by atoms with van der Waals surface area (Å²) in [5.74, 6) is 4.93. The fourth-order valence-corrected chi connectivity index (χ4v) is 8.09. The lowest BCUT2D eigenvalue weighted by Crippen LogP contribution is -2.49. The molecule has 30 heavy (non-hydrogen) atoms. The molecule has 5 heteroatoms. The molecule has 7 rings (SSSR count). The number of anilines is 1. The van der Waals surface area contributed by atoms with Crippen LogP contribution in [0, 0.1) is 29.1 Å². The SMILES string of the molecule is O=C(CC1CCCC1)N1CCc2c(ncnc2NCC23CC4CC(CC(C4)C2)C3)C1. The highest BCUT2D eigenvalue weighted by Crippen LogP contribution is 2.59. The first-order chi connectivity index (χ1) is 14.7. The Morgan fingerprint density at radius 3 is 2.47 bits per heavy atom. The van der Waals surface area contributed by atoms with Crippen LogP contribution in [-0.2, 0) is 17.8 Å². The number of carbonyl (C=O) groups is 1. The van der Waals surface area contributed by atoms with Gasteiger partial charge in [0, 0.05) is 25.1 Å². The van der Waals surface area contributed by atoms with Gasteiger partial charge in [0.2, 0.25) is 5.91 Å². The highest BCUT2D eigenvalue weighted by atomic mass is 16.2. The minimum atomic E-state index is 0.328. The average Bonchev–Trinajstić information content (AvgIpc) is 3.24. The summed E-state index contributed by atoms with van der Waals surface area (Å²) in [6, 6.07) is 0. The van der Waals surface area contributed by atoms with Crippen LogP contribution in [0.5, 0.6) is 0 Å². The molecular formula is C25H36N4O. The maximum absolute atomic E-state index is 12.8. The van der Waals surface area contributed by atoms with Crippen LogP contribution in [-0.4, -0.2) is 33.9 Å². The van der Waals surface area contributed by atoms with E-state index in [-0.39, 0.29) is 0 Å². The van der Waals surface area contributed by atoms with Crippen molar-refractivity contribution in [2.75, 3.05) is 18.4 Å². The number of carbonyl (C=O) groups excluding carboxylic acids is 1. The van der Waals surface area contributed by atoms with Crippen molar-refractivity contribution < 1.29 is 4.79 Å². The molecule has 1 amide bonds. The molecule has 0 aromatic carbocycles. The van der Waals surface area contributed by atoms with E-state index < -0.39 is 0 Å². The van der Waals surface area contributed by atoms with Crippen LogP contribution in [0.3, 0.4) is 0 Å². The van der Waals surface area contributed by atoms with Crippen LogP contribution in [0.4, 0.5) is 5.82 Å². The number of nitrogens with zero attached hydrogens (tertiary/aromatic N) is 3. The summed E-state index contributed by atoms with van der Waals surface area (Å²) in [6.45, 7) is 2.55. The molecule has 0 atom stereocenters. The van der Waals surface area contributed by atoms with Crippen molar-refractivity contribution in [1.82, 2.24) is 14.9 Å². The van der Waals surface area contributed by atoms with Crippen LogP contribution in [0.25, 0.3) is 0 Å². The Morgan fingerprint density at radius 1 is 1.07 bits per heavy atom. The van der Waals surface area contributed by atoms with Gasteiger partial charge in [-0.2, -0.15) is 0 Å². The second-order valence-corrected chi connectivity index (χ2v) is 11.3. The van der Waals surface area contributed by atoms with Gasteiger partial charge in [-0.1, -0.05) is 12.8 Å². The Kier molecular flexibility index (Phi) is 4.76. The van der Waals surface area contributed by atoms with E-state index in [4.69, 9.17) is 0 Å². The van der Waals surface area contributed by atoms with Gasteiger partial charge in [-0.15, -0.1) is 0 Å². The first-order valence-electron chi connectivity index (χ1n) is 12.5. The molecule has 0 radical (unpaired) electrons. The van der Waals surface area contributed by atoms with Gasteiger partial charge in [0.05, 0.1) is 12.2 Å². The van der Waals surface area contributed by atoms with Gasteiger partial charge in [-0.05, 0) is 86.9 Å². The molecule has 0 unspecified atom stereocenters. The average molecular weight is 409 g/mol. The fraction of sp³-hybridized carbons (Fsp3) is 0.800. The minimum Gasteiger partial charge on any atom is -0.369 e. The standard InChI is InChI=1S/C25H36N4O/c30-23(10-17-3-1-2-4-17)29-6-5-21-22(14-29)27-16-28-24(21)26-15-25-11-18-7-19(12-25)9-20(8-18)13-25/h16-20H,1-15H2,(H,26,27,28). The third kappa shape index (κ3) is 3.52. The number of aromatic nitrogens is 2. The molecule has 0 saturated heterocycles. The van der Waals surface area contributed by atoms with Crippen molar-refractivity contribution in [3.8, 4) is 0 Å². The van der Waals surface area contributed by atoms with Gasteiger partial charge in [0.15, 0.2) is 0 Å². The molecule has 6 aliphatic rings. The van der Waals surface area contributed by atoms with E-state index in [0.29, 0.717) is 23.8 Å². The monoisotopic (exact) mass is 408 g/mol. The Morgan fingerprint density at radius 2 is 1.77 bits per heavy atom. The fourth-order valence-electron chi connectivity index (χ4n) is 8.09. The van der Waals surface area contributed by atoms with Crippen LogP contribution < -0.4 is 5.32 Å². The molecule has 1 N–H and O–H groups in total. The summed E-state index contributed by atoms with van der Waals surface area (Å²) >= 11 is 0. The summed E-state index contributed by atoms with van der Waals surface area (Å²) in [5, 5.41) is 3.78. The van der Waals surface area contributed by atoms with Crippen molar-refractivity contribution >= 4 is 11.7 Å². The highest BCUT2D eigenvalue weighted by molar-refractivity contribution is 5.77. The third-order valence-corrected chi connectivity index (χ3v) is 9.09. The van der Waals surface area contributed by atoms with Gasteiger partial charge >= 0.3 is 0 Å². The molecule has 5 fully saturated rings. The zero-order valence-corrected chi connectivity index (χ0v) is 18.2. The summed E-state index contributed by atoms with van der Waals surface area (Å²) in [5.41, 5.74) is 2.82. The van der Waals surface area contributed by atoms with Crippen molar-refractivity contribution in [2.24, 2.45) is 29.1 Å². The quantitative estimate of drug-likeness (QED) is 0.775. The Balaban J connectivity index is 1.12.